The summed E-state index contributed by atoms with van der Waals surface area (Å²) in [6, 6.07) is 4.59. The summed E-state index contributed by atoms with van der Waals surface area (Å²) in [6.45, 7) is 0. The lowest BCUT2D eigenvalue weighted by atomic mass is 10.2. The van der Waals surface area contributed by atoms with Gasteiger partial charge in [0, 0.05) is 11.4 Å². The second-order valence-electron chi connectivity index (χ2n) is 5.12. The minimum absolute atomic E-state index is 0.304. The van der Waals surface area contributed by atoms with Gasteiger partial charge in [0.25, 0.3) is 0 Å². The lowest BCUT2D eigenvalue weighted by molar-refractivity contribution is -0.136. The summed E-state index contributed by atoms with van der Waals surface area (Å²) in [6.07, 6.45) is 6.26. The number of benzene rings is 1. The summed E-state index contributed by atoms with van der Waals surface area (Å²) < 4.78 is 0. The van der Waals surface area contributed by atoms with E-state index in [0.717, 1.165) is 31.4 Å². The van der Waals surface area contributed by atoms with E-state index >= 15 is 0 Å². The van der Waals surface area contributed by atoms with Crippen LogP contribution >= 0.6 is 23.2 Å². The number of nitrogens with one attached hydrogen (secondary N) is 2. The zero-order valence-corrected chi connectivity index (χ0v) is 13.5. The molecule has 22 heavy (non-hydrogen) atoms. The Morgan fingerprint density at radius 3 is 2.27 bits per heavy atom. The molecule has 2 rings (SSSR count). The molecule has 7 heteroatoms. The molecular formula is C15H17Cl2N3O2. The zero-order chi connectivity index (χ0) is 15.9. The molecular weight excluding hydrogens is 325 g/mol. The molecule has 0 radical (unpaired) electrons. The van der Waals surface area contributed by atoms with E-state index in [-0.39, 0.29) is 0 Å². The highest BCUT2D eigenvalue weighted by Gasteiger charge is 2.14. The fraction of sp³-hybridized carbons (Fsp3) is 0.400. The maximum atomic E-state index is 11.8. The standard InChI is InChI=1S/C15H17Cl2N3O2/c16-12-8-7-11(9-13(12)17)18-14(21)15(22)20-19-10-5-3-1-2-4-6-10/h7-9H,1-6H2,(H,18,21)(H,20,22). The lowest BCUT2D eigenvalue weighted by Crippen LogP contribution is -2.33. The van der Waals surface area contributed by atoms with E-state index in [1.807, 2.05) is 0 Å². The van der Waals surface area contributed by atoms with E-state index < -0.39 is 11.8 Å². The van der Waals surface area contributed by atoms with Crippen LogP contribution in [0.5, 0.6) is 0 Å². The van der Waals surface area contributed by atoms with Gasteiger partial charge in [-0.05, 0) is 43.9 Å². The van der Waals surface area contributed by atoms with Crippen LogP contribution in [0.3, 0.4) is 0 Å². The molecule has 1 saturated carbocycles. The van der Waals surface area contributed by atoms with Crippen LogP contribution in [0.15, 0.2) is 23.3 Å². The number of carbonyl (C=O) groups is 2. The molecule has 0 atom stereocenters. The summed E-state index contributed by atoms with van der Waals surface area (Å²) in [4.78, 5) is 23.5. The van der Waals surface area contributed by atoms with Crippen molar-refractivity contribution in [1.29, 1.82) is 0 Å². The molecule has 1 aliphatic rings. The highest BCUT2D eigenvalue weighted by molar-refractivity contribution is 6.42. The third-order valence-corrected chi connectivity index (χ3v) is 4.12. The second kappa shape index (κ2) is 8.15. The third-order valence-electron chi connectivity index (χ3n) is 3.38. The van der Waals surface area contributed by atoms with Gasteiger partial charge in [0.05, 0.1) is 10.0 Å². The molecule has 1 aliphatic carbocycles. The Morgan fingerprint density at radius 1 is 0.955 bits per heavy atom. The van der Waals surface area contributed by atoms with E-state index in [9.17, 15) is 9.59 Å². The van der Waals surface area contributed by atoms with Gasteiger partial charge in [0.15, 0.2) is 0 Å². The number of anilines is 1. The molecule has 0 bridgehead atoms. The van der Waals surface area contributed by atoms with Gasteiger partial charge >= 0.3 is 11.8 Å². The van der Waals surface area contributed by atoms with Crippen molar-refractivity contribution >= 4 is 46.4 Å². The summed E-state index contributed by atoms with van der Waals surface area (Å²) in [7, 11) is 0. The van der Waals surface area contributed by atoms with E-state index in [4.69, 9.17) is 23.2 Å². The van der Waals surface area contributed by atoms with Gasteiger partial charge in [-0.1, -0.05) is 36.0 Å². The van der Waals surface area contributed by atoms with Crippen LogP contribution in [0, 0.1) is 0 Å². The molecule has 1 fully saturated rings. The number of hydrazone groups is 1. The molecule has 2 amide bonds. The zero-order valence-electron chi connectivity index (χ0n) is 12.0. The summed E-state index contributed by atoms with van der Waals surface area (Å²) in [5, 5.41) is 7.18. The first-order valence-electron chi connectivity index (χ1n) is 7.18. The molecule has 0 spiro atoms. The Labute approximate surface area is 139 Å². The Bertz CT molecular complexity index is 592. The maximum Gasteiger partial charge on any atom is 0.329 e. The number of hydrogen-bond donors (Lipinski definition) is 2. The first kappa shape index (κ1) is 16.8. The Morgan fingerprint density at radius 2 is 1.64 bits per heavy atom. The summed E-state index contributed by atoms with van der Waals surface area (Å²) in [5.41, 5.74) is 3.64. The summed E-state index contributed by atoms with van der Waals surface area (Å²) >= 11 is 11.6. The third kappa shape index (κ3) is 5.00. The largest absolute Gasteiger partial charge is 0.329 e. The van der Waals surface area contributed by atoms with Crippen LogP contribution in [0.4, 0.5) is 5.69 Å². The van der Waals surface area contributed by atoms with E-state index in [1.54, 1.807) is 12.1 Å². The minimum Gasteiger partial charge on any atom is -0.318 e. The molecule has 0 saturated heterocycles. The molecule has 2 N–H and O–H groups in total. The highest BCUT2D eigenvalue weighted by atomic mass is 35.5. The van der Waals surface area contributed by atoms with Crippen molar-refractivity contribution in [1.82, 2.24) is 5.43 Å². The monoisotopic (exact) mass is 341 g/mol. The van der Waals surface area contributed by atoms with Crippen LogP contribution in [0.25, 0.3) is 0 Å². The molecule has 5 nitrogen and oxygen atoms in total. The van der Waals surface area contributed by atoms with Crippen LogP contribution in [-0.2, 0) is 9.59 Å². The van der Waals surface area contributed by atoms with Gasteiger partial charge in [-0.3, -0.25) is 9.59 Å². The van der Waals surface area contributed by atoms with Gasteiger partial charge in [-0.25, -0.2) is 5.43 Å². The molecule has 0 unspecified atom stereocenters. The van der Waals surface area contributed by atoms with E-state index in [2.05, 4.69) is 15.8 Å². The molecule has 1 aromatic carbocycles. The Hall–Kier alpha value is -1.59. The first-order chi connectivity index (χ1) is 10.6. The Balaban J connectivity index is 1.90. The SMILES string of the molecule is O=C(NN=C1CCCCCC1)C(=O)Nc1ccc(Cl)c(Cl)c1. The van der Waals surface area contributed by atoms with E-state index in [0.29, 0.717) is 15.7 Å². The van der Waals surface area contributed by atoms with Crippen LogP contribution in [0.1, 0.15) is 38.5 Å². The van der Waals surface area contributed by atoms with Crippen LogP contribution in [0.2, 0.25) is 10.0 Å². The van der Waals surface area contributed by atoms with Gasteiger partial charge < -0.3 is 5.32 Å². The minimum atomic E-state index is -0.803. The number of carbonyl (C=O) groups excluding carboxylic acids is 2. The van der Waals surface area contributed by atoms with Gasteiger partial charge in [0.1, 0.15) is 0 Å². The first-order valence-corrected chi connectivity index (χ1v) is 7.93. The number of nitrogens with zero attached hydrogens (tertiary/aromatic N) is 1. The predicted octanol–water partition coefficient (Wildman–Crippen LogP) is 3.76. The molecule has 1 aromatic rings. The van der Waals surface area contributed by atoms with Crippen molar-refractivity contribution < 1.29 is 9.59 Å². The van der Waals surface area contributed by atoms with Crippen LogP contribution < -0.4 is 10.7 Å². The fourth-order valence-corrected chi connectivity index (χ4v) is 2.49. The number of rotatable bonds is 2. The average molecular weight is 342 g/mol. The molecule has 0 aromatic heterocycles. The van der Waals surface area contributed by atoms with Crippen molar-refractivity contribution in [2.45, 2.75) is 38.5 Å². The molecule has 0 heterocycles. The maximum absolute atomic E-state index is 11.8. The fourth-order valence-electron chi connectivity index (χ4n) is 2.19. The summed E-state index contributed by atoms with van der Waals surface area (Å²) in [5.74, 6) is -1.60. The van der Waals surface area contributed by atoms with Gasteiger partial charge in [-0.15, -0.1) is 0 Å². The molecule has 0 aliphatic heterocycles. The number of halogens is 2. The van der Waals surface area contributed by atoms with E-state index in [1.165, 1.54) is 18.9 Å². The highest BCUT2D eigenvalue weighted by Crippen LogP contribution is 2.24. The van der Waals surface area contributed by atoms with Crippen molar-refractivity contribution in [2.75, 3.05) is 5.32 Å². The molecule has 118 valence electrons. The van der Waals surface area contributed by atoms with Gasteiger partial charge in [0.2, 0.25) is 0 Å². The average Bonchev–Trinajstić information content (AvgIpc) is 2.77. The number of hydrogen-bond acceptors (Lipinski definition) is 3. The number of amides is 2. The topological polar surface area (TPSA) is 70.6 Å². The van der Waals surface area contributed by atoms with Crippen molar-refractivity contribution in [3.8, 4) is 0 Å². The quantitative estimate of drug-likeness (QED) is 0.488. The van der Waals surface area contributed by atoms with Crippen molar-refractivity contribution in [2.24, 2.45) is 5.10 Å². The Kier molecular flexibility index (Phi) is 6.21. The second-order valence-corrected chi connectivity index (χ2v) is 5.93. The normalized spacial score (nSPS) is 14.9. The van der Waals surface area contributed by atoms with Crippen molar-refractivity contribution in [3.05, 3.63) is 28.2 Å². The lowest BCUT2D eigenvalue weighted by Gasteiger charge is -2.06. The van der Waals surface area contributed by atoms with Crippen molar-refractivity contribution in [3.63, 3.8) is 0 Å². The van der Waals surface area contributed by atoms with Gasteiger partial charge in [-0.2, -0.15) is 5.10 Å². The smallest absolute Gasteiger partial charge is 0.318 e. The predicted molar refractivity (Wildman–Crippen MR) is 88.4 cm³/mol. The van der Waals surface area contributed by atoms with Crippen LogP contribution in [-0.4, -0.2) is 17.5 Å².